The lowest BCUT2D eigenvalue weighted by molar-refractivity contribution is 0.511. The number of fused-ring (bicyclic) bond motifs is 9. The van der Waals surface area contributed by atoms with Gasteiger partial charge in [-0.2, -0.15) is 0 Å². The molecule has 1 aliphatic rings. The van der Waals surface area contributed by atoms with Crippen molar-refractivity contribution in [3.63, 3.8) is 0 Å². The van der Waals surface area contributed by atoms with Crippen LogP contribution in [0.25, 0.3) is 44.5 Å². The van der Waals surface area contributed by atoms with Crippen LogP contribution in [0.1, 0.15) is 22.3 Å². The third-order valence-electron chi connectivity index (χ3n) is 6.80. The average Bonchev–Trinajstić information content (AvgIpc) is 2.86. The average molecular weight is 493 g/mol. The first-order valence-electron chi connectivity index (χ1n) is 12.0. The summed E-state index contributed by atoms with van der Waals surface area (Å²) < 4.78 is 24.8. The largest absolute Gasteiger partial charge is 0.507 e. The summed E-state index contributed by atoms with van der Waals surface area (Å²) in [6.07, 6.45) is 12.2. The molecule has 0 atom stereocenters. The minimum atomic E-state index is -3.27. The Hall–Kier alpha value is -3.89. The number of allylic oxidation sites excluding steroid dienone is 4. The molecular formula is C32H28O3S. The molecule has 4 aromatic rings. The van der Waals surface area contributed by atoms with Gasteiger partial charge in [-0.25, -0.2) is 8.42 Å². The van der Waals surface area contributed by atoms with Gasteiger partial charge in [-0.15, -0.1) is 0 Å². The molecule has 0 amide bonds. The summed E-state index contributed by atoms with van der Waals surface area (Å²) in [4.78, 5) is 0. The third kappa shape index (κ3) is 4.52. The Morgan fingerprint density at radius 2 is 1.31 bits per heavy atom. The van der Waals surface area contributed by atoms with Gasteiger partial charge < -0.3 is 5.11 Å². The second-order valence-electron chi connectivity index (χ2n) is 9.18. The molecule has 3 nitrogen and oxygen atoms in total. The summed E-state index contributed by atoms with van der Waals surface area (Å²) in [5.41, 5.74) is 6.13. The van der Waals surface area contributed by atoms with Crippen LogP contribution >= 0.6 is 0 Å². The molecule has 0 radical (unpaired) electrons. The lowest BCUT2D eigenvalue weighted by Crippen LogP contribution is -2.07. The van der Waals surface area contributed by atoms with Crippen molar-refractivity contribution in [2.45, 2.75) is 13.8 Å². The zero-order valence-electron chi connectivity index (χ0n) is 20.4. The van der Waals surface area contributed by atoms with E-state index in [4.69, 9.17) is 0 Å². The minimum absolute atomic E-state index is 0.0371. The molecule has 0 saturated carbocycles. The molecule has 0 aromatic heterocycles. The van der Waals surface area contributed by atoms with Crippen LogP contribution in [-0.4, -0.2) is 25.0 Å². The van der Waals surface area contributed by atoms with Gasteiger partial charge in [0.25, 0.3) is 0 Å². The fraction of sp³-hybridized carbons (Fsp3) is 0.125. The van der Waals surface area contributed by atoms with Crippen LogP contribution < -0.4 is 0 Å². The molecule has 5 rings (SSSR count). The third-order valence-corrected chi connectivity index (χ3v) is 8.20. The number of hydrogen-bond acceptors (Lipinski definition) is 3. The SMILES string of the molecule is Cc1c2cc3ccccc3c1-c1c(C)c(cc3ccccc13)/C(O)=C\C=C/CS(=O)(=O)C/C=C\C=C2. The molecule has 4 bridgehead atoms. The molecule has 36 heavy (non-hydrogen) atoms. The quantitative estimate of drug-likeness (QED) is 0.273. The van der Waals surface area contributed by atoms with Crippen LogP contribution in [-0.2, 0) is 9.84 Å². The summed E-state index contributed by atoms with van der Waals surface area (Å²) >= 11 is 0. The highest BCUT2D eigenvalue weighted by atomic mass is 32.2. The van der Waals surface area contributed by atoms with Gasteiger partial charge in [0.05, 0.1) is 11.5 Å². The number of hydrogen-bond donors (Lipinski definition) is 1. The van der Waals surface area contributed by atoms with Crippen molar-refractivity contribution in [2.24, 2.45) is 0 Å². The van der Waals surface area contributed by atoms with Gasteiger partial charge in [-0.3, -0.25) is 0 Å². The maximum absolute atomic E-state index is 12.4. The number of aliphatic hydroxyl groups is 1. The van der Waals surface area contributed by atoms with Crippen LogP contribution in [0.2, 0.25) is 0 Å². The highest BCUT2D eigenvalue weighted by molar-refractivity contribution is 7.91. The lowest BCUT2D eigenvalue weighted by Gasteiger charge is -2.20. The predicted octanol–water partition coefficient (Wildman–Crippen LogP) is 7.73. The van der Waals surface area contributed by atoms with E-state index >= 15 is 0 Å². The van der Waals surface area contributed by atoms with Crippen molar-refractivity contribution in [1.82, 2.24) is 0 Å². The summed E-state index contributed by atoms with van der Waals surface area (Å²) in [5.74, 6) is -0.0155. The zero-order chi connectivity index (χ0) is 25.3. The number of sulfone groups is 1. The Bertz CT molecular complexity index is 1720. The van der Waals surface area contributed by atoms with E-state index in [0.29, 0.717) is 0 Å². The Kier molecular flexibility index (Phi) is 6.38. The van der Waals surface area contributed by atoms with Crippen LogP contribution in [0.5, 0.6) is 0 Å². The lowest BCUT2D eigenvalue weighted by atomic mass is 9.84. The molecule has 0 aliphatic carbocycles. The monoisotopic (exact) mass is 492 g/mol. The van der Waals surface area contributed by atoms with E-state index in [1.807, 2.05) is 43.3 Å². The number of rotatable bonds is 0. The van der Waals surface area contributed by atoms with E-state index in [1.54, 1.807) is 30.4 Å². The normalized spacial score (nSPS) is 18.9. The smallest absolute Gasteiger partial charge is 0.157 e. The molecule has 0 spiro atoms. The zero-order valence-corrected chi connectivity index (χ0v) is 21.2. The van der Waals surface area contributed by atoms with E-state index in [0.717, 1.165) is 54.9 Å². The maximum atomic E-state index is 12.4. The Morgan fingerprint density at radius 3 is 2.00 bits per heavy atom. The summed E-state index contributed by atoms with van der Waals surface area (Å²) in [7, 11) is -3.27. The maximum Gasteiger partial charge on any atom is 0.157 e. The standard InChI is InChI=1S/C32H28O3S/c1-22-24-12-4-3-10-18-36(34,35)19-11-9-17-30(33)29-21-26-14-6-8-16-28(26)32(23(29)2)31(22)27-15-7-5-13-25(27)20-24/h3-17,20-21,33H,18-19H2,1-2H3/b10-3-,11-9-,12-4?,30-17+. The molecule has 1 heterocycles. The first-order chi connectivity index (χ1) is 17.4. The van der Waals surface area contributed by atoms with Crippen LogP contribution in [0.15, 0.2) is 97.1 Å². The summed E-state index contributed by atoms with van der Waals surface area (Å²) in [6.45, 7) is 4.17. The van der Waals surface area contributed by atoms with E-state index in [-0.39, 0.29) is 17.3 Å². The van der Waals surface area contributed by atoms with Gasteiger partial charge in [-0.1, -0.05) is 85.0 Å². The van der Waals surface area contributed by atoms with Gasteiger partial charge in [-0.05, 0) is 81.4 Å². The van der Waals surface area contributed by atoms with Gasteiger partial charge in [0.15, 0.2) is 9.84 Å². The first-order valence-corrected chi connectivity index (χ1v) is 13.8. The second-order valence-corrected chi connectivity index (χ2v) is 11.3. The van der Waals surface area contributed by atoms with E-state index < -0.39 is 9.84 Å². The molecular weight excluding hydrogens is 464 g/mol. The van der Waals surface area contributed by atoms with E-state index in [2.05, 4.69) is 43.3 Å². The van der Waals surface area contributed by atoms with Gasteiger partial charge in [0, 0.05) is 5.56 Å². The highest BCUT2D eigenvalue weighted by Gasteiger charge is 2.19. The molecule has 0 fully saturated rings. The minimum Gasteiger partial charge on any atom is -0.507 e. The summed E-state index contributed by atoms with van der Waals surface area (Å²) in [5, 5.41) is 15.5. The summed E-state index contributed by atoms with van der Waals surface area (Å²) in [6, 6.07) is 20.8. The van der Waals surface area contributed by atoms with Crippen molar-refractivity contribution < 1.29 is 13.5 Å². The Balaban J connectivity index is 1.91. The number of benzene rings is 4. The number of aliphatic hydroxyl groups excluding tert-OH is 1. The Morgan fingerprint density at radius 1 is 0.722 bits per heavy atom. The Labute approximate surface area is 212 Å². The van der Waals surface area contributed by atoms with Crippen molar-refractivity contribution in [3.05, 3.63) is 119 Å². The second kappa shape index (κ2) is 9.63. The first kappa shape index (κ1) is 23.8. The van der Waals surface area contributed by atoms with E-state index in [9.17, 15) is 13.5 Å². The predicted molar refractivity (Wildman–Crippen MR) is 153 cm³/mol. The fourth-order valence-electron chi connectivity index (χ4n) is 4.97. The molecule has 4 heteroatoms. The fourth-order valence-corrected chi connectivity index (χ4v) is 5.91. The van der Waals surface area contributed by atoms with Crippen LogP contribution in [0.3, 0.4) is 0 Å². The van der Waals surface area contributed by atoms with E-state index in [1.165, 1.54) is 0 Å². The molecule has 0 unspecified atom stereocenters. The molecule has 0 saturated heterocycles. The highest BCUT2D eigenvalue weighted by Crippen LogP contribution is 2.42. The molecule has 180 valence electrons. The van der Waals surface area contributed by atoms with Crippen molar-refractivity contribution in [1.29, 1.82) is 0 Å². The van der Waals surface area contributed by atoms with Crippen molar-refractivity contribution in [3.8, 4) is 11.1 Å². The molecule has 1 aliphatic heterocycles. The van der Waals surface area contributed by atoms with Gasteiger partial charge in [0.2, 0.25) is 0 Å². The molecule has 1 N–H and O–H groups in total. The topological polar surface area (TPSA) is 54.4 Å². The van der Waals surface area contributed by atoms with Gasteiger partial charge >= 0.3 is 0 Å². The van der Waals surface area contributed by atoms with Crippen molar-refractivity contribution in [2.75, 3.05) is 11.5 Å². The van der Waals surface area contributed by atoms with Crippen molar-refractivity contribution >= 4 is 43.2 Å². The molecule has 4 aromatic carbocycles. The van der Waals surface area contributed by atoms with Gasteiger partial charge in [0.1, 0.15) is 5.76 Å². The van der Waals surface area contributed by atoms with Crippen LogP contribution in [0.4, 0.5) is 0 Å². The van der Waals surface area contributed by atoms with Crippen LogP contribution in [0, 0.1) is 13.8 Å².